The van der Waals surface area contributed by atoms with Crippen LogP contribution in [0.15, 0.2) is 9.59 Å². The van der Waals surface area contributed by atoms with E-state index in [9.17, 15) is 18.4 Å². The molecule has 0 unspecified atom stereocenters. The molecule has 0 aliphatic carbocycles. The van der Waals surface area contributed by atoms with Crippen LogP contribution in [-0.4, -0.2) is 33.7 Å². The van der Waals surface area contributed by atoms with Crippen LogP contribution in [0, 0.1) is 0 Å². The van der Waals surface area contributed by atoms with Crippen molar-refractivity contribution in [2.45, 2.75) is 19.4 Å². The fourth-order valence-electron chi connectivity index (χ4n) is 1.35. The summed E-state index contributed by atoms with van der Waals surface area (Å²) < 4.78 is 26.7. The average Bonchev–Trinajstić information content (AvgIpc) is 2.28. The molecule has 0 saturated carbocycles. The van der Waals surface area contributed by atoms with Crippen LogP contribution in [0.1, 0.15) is 6.92 Å². The molecule has 7 nitrogen and oxygen atoms in total. The Kier molecular flexibility index (Phi) is 4.07. The number of hydrogen-bond acceptors (Lipinski definition) is 5. The van der Waals surface area contributed by atoms with Gasteiger partial charge in [0, 0.05) is 6.54 Å². The molecule has 18 heavy (non-hydrogen) atoms. The Morgan fingerprint density at radius 2 is 2.11 bits per heavy atom. The van der Waals surface area contributed by atoms with Gasteiger partial charge in [0.15, 0.2) is 0 Å². The number of aliphatic hydroxyl groups is 1. The summed E-state index contributed by atoms with van der Waals surface area (Å²) in [5, 5.41) is 10.5. The minimum Gasteiger partial charge on any atom is -0.390 e. The number of halogens is 2. The molecule has 0 bridgehead atoms. The normalized spacial score (nSPS) is 11.6. The second-order valence-corrected chi connectivity index (χ2v) is 3.63. The van der Waals surface area contributed by atoms with Gasteiger partial charge < -0.3 is 16.2 Å². The highest BCUT2D eigenvalue weighted by Gasteiger charge is 2.28. The molecule has 0 atom stereocenters. The number of aromatic nitrogens is 2. The van der Waals surface area contributed by atoms with Crippen molar-refractivity contribution >= 4 is 11.5 Å². The maximum absolute atomic E-state index is 12.8. The summed E-state index contributed by atoms with van der Waals surface area (Å²) in [5.74, 6) is -3.61. The molecule has 102 valence electrons. The van der Waals surface area contributed by atoms with E-state index in [0.717, 1.165) is 4.57 Å². The minimum absolute atomic E-state index is 0.187. The summed E-state index contributed by atoms with van der Waals surface area (Å²) >= 11 is 0. The lowest BCUT2D eigenvalue weighted by atomic mass is 10.3. The first-order valence-electron chi connectivity index (χ1n) is 5.17. The molecule has 0 spiro atoms. The van der Waals surface area contributed by atoms with Crippen molar-refractivity contribution in [2.24, 2.45) is 0 Å². The third-order valence-corrected chi connectivity index (χ3v) is 2.31. The minimum atomic E-state index is -3.38. The summed E-state index contributed by atoms with van der Waals surface area (Å²) in [7, 11) is 0. The maximum Gasteiger partial charge on any atom is 0.330 e. The predicted octanol–water partition coefficient (Wildman–Crippen LogP) is -0.822. The lowest BCUT2D eigenvalue weighted by molar-refractivity contribution is -0.0372. The van der Waals surface area contributed by atoms with Crippen molar-refractivity contribution in [3.63, 3.8) is 0 Å². The van der Waals surface area contributed by atoms with Gasteiger partial charge in [0.05, 0.1) is 6.54 Å². The molecule has 9 heteroatoms. The predicted molar refractivity (Wildman–Crippen MR) is 61.9 cm³/mol. The first kappa shape index (κ1) is 14.2. The quantitative estimate of drug-likeness (QED) is 0.555. The van der Waals surface area contributed by atoms with Crippen LogP contribution >= 0.6 is 0 Å². The van der Waals surface area contributed by atoms with Crippen LogP contribution < -0.4 is 22.3 Å². The molecule has 0 aromatic carbocycles. The van der Waals surface area contributed by atoms with Crippen LogP contribution in [-0.2, 0) is 6.54 Å². The van der Waals surface area contributed by atoms with Gasteiger partial charge in [0.2, 0.25) is 0 Å². The maximum atomic E-state index is 12.8. The van der Waals surface area contributed by atoms with Gasteiger partial charge in [0.25, 0.3) is 11.5 Å². The van der Waals surface area contributed by atoms with Crippen molar-refractivity contribution in [3.8, 4) is 0 Å². The summed E-state index contributed by atoms with van der Waals surface area (Å²) in [5.41, 5.74) is 3.64. The first-order valence-corrected chi connectivity index (χ1v) is 5.17. The van der Waals surface area contributed by atoms with Crippen molar-refractivity contribution in [1.29, 1.82) is 0 Å². The topological polar surface area (TPSA) is 113 Å². The van der Waals surface area contributed by atoms with Gasteiger partial charge in [0.1, 0.15) is 18.1 Å². The number of H-pyrrole nitrogens is 1. The van der Waals surface area contributed by atoms with E-state index < -0.39 is 30.3 Å². The Morgan fingerprint density at radius 1 is 1.50 bits per heavy atom. The lowest BCUT2D eigenvalue weighted by Crippen LogP contribution is -2.37. The fourth-order valence-corrected chi connectivity index (χ4v) is 1.35. The molecule has 5 N–H and O–H groups in total. The summed E-state index contributed by atoms with van der Waals surface area (Å²) in [6.45, 7) is -0.515. The van der Waals surface area contributed by atoms with E-state index in [1.165, 1.54) is 0 Å². The smallest absolute Gasteiger partial charge is 0.330 e. The number of alkyl halides is 2. The zero-order chi connectivity index (χ0) is 13.9. The highest BCUT2D eigenvalue weighted by atomic mass is 19.3. The number of nitrogens with zero attached hydrogens (tertiary/aromatic N) is 1. The SMILES string of the molecule is CCn1c(N)c(NCC(F)(F)CO)c(=O)[nH]c1=O. The number of aromatic amines is 1. The second kappa shape index (κ2) is 5.17. The van der Waals surface area contributed by atoms with Gasteiger partial charge in [-0.1, -0.05) is 0 Å². The van der Waals surface area contributed by atoms with E-state index >= 15 is 0 Å². The number of anilines is 2. The van der Waals surface area contributed by atoms with E-state index in [2.05, 4.69) is 5.32 Å². The molecule has 1 rings (SSSR count). The monoisotopic (exact) mass is 264 g/mol. The van der Waals surface area contributed by atoms with Crippen molar-refractivity contribution in [1.82, 2.24) is 9.55 Å². The number of nitrogens with one attached hydrogen (secondary N) is 2. The van der Waals surface area contributed by atoms with Gasteiger partial charge in [-0.2, -0.15) is 0 Å². The Morgan fingerprint density at radius 3 is 2.61 bits per heavy atom. The molecular weight excluding hydrogens is 250 g/mol. The van der Waals surface area contributed by atoms with E-state index in [4.69, 9.17) is 10.8 Å². The van der Waals surface area contributed by atoms with Gasteiger partial charge in [-0.25, -0.2) is 13.6 Å². The fraction of sp³-hybridized carbons (Fsp3) is 0.556. The molecule has 0 aliphatic heterocycles. The van der Waals surface area contributed by atoms with Crippen LogP contribution in [0.2, 0.25) is 0 Å². The largest absolute Gasteiger partial charge is 0.390 e. The third kappa shape index (κ3) is 2.86. The highest BCUT2D eigenvalue weighted by molar-refractivity contribution is 5.60. The molecule has 0 amide bonds. The van der Waals surface area contributed by atoms with E-state index in [-0.39, 0.29) is 18.1 Å². The van der Waals surface area contributed by atoms with Crippen molar-refractivity contribution < 1.29 is 13.9 Å². The number of hydrogen-bond donors (Lipinski definition) is 4. The van der Waals surface area contributed by atoms with Gasteiger partial charge in [-0.05, 0) is 6.92 Å². The van der Waals surface area contributed by atoms with Crippen LogP contribution in [0.3, 0.4) is 0 Å². The van der Waals surface area contributed by atoms with Crippen LogP contribution in [0.4, 0.5) is 20.3 Å². The summed E-state index contributed by atoms with van der Waals surface area (Å²) in [4.78, 5) is 24.7. The number of rotatable bonds is 5. The molecule has 1 heterocycles. The first-order chi connectivity index (χ1) is 8.32. The number of nitrogen functional groups attached to an aromatic ring is 1. The molecule has 0 aliphatic rings. The van der Waals surface area contributed by atoms with E-state index in [0.29, 0.717) is 0 Å². The molecule has 0 radical (unpaired) electrons. The molecular formula is C9H14F2N4O3. The Bertz CT molecular complexity index is 538. The lowest BCUT2D eigenvalue weighted by Gasteiger charge is -2.16. The molecule has 0 fully saturated rings. The average molecular weight is 264 g/mol. The zero-order valence-electron chi connectivity index (χ0n) is 9.67. The van der Waals surface area contributed by atoms with Crippen molar-refractivity contribution in [3.05, 3.63) is 20.8 Å². The van der Waals surface area contributed by atoms with E-state index in [1.807, 2.05) is 4.98 Å². The summed E-state index contributed by atoms with van der Waals surface area (Å²) in [6, 6.07) is 0. The number of aliphatic hydroxyl groups excluding tert-OH is 1. The van der Waals surface area contributed by atoms with Gasteiger partial charge in [-0.3, -0.25) is 14.3 Å². The molecule has 1 aromatic heterocycles. The Balaban J connectivity index is 3.11. The van der Waals surface area contributed by atoms with Crippen LogP contribution in [0.25, 0.3) is 0 Å². The standard InChI is InChI=1S/C9H14F2N4O3/c1-2-15-6(12)5(7(17)14-8(15)18)13-3-9(10,11)4-16/h13,16H,2-4,12H2,1H3,(H,14,17,18). The van der Waals surface area contributed by atoms with Crippen LogP contribution in [0.5, 0.6) is 0 Å². The Labute approximate surface area is 100 Å². The number of nitrogens with two attached hydrogens (primary N) is 1. The molecule has 0 saturated heterocycles. The van der Waals surface area contributed by atoms with Crippen molar-refractivity contribution in [2.75, 3.05) is 24.2 Å². The third-order valence-electron chi connectivity index (χ3n) is 2.31. The molecule has 1 aromatic rings. The zero-order valence-corrected chi connectivity index (χ0v) is 9.67. The second-order valence-electron chi connectivity index (χ2n) is 3.63. The van der Waals surface area contributed by atoms with E-state index in [1.54, 1.807) is 6.92 Å². The Hall–Kier alpha value is -1.90. The highest BCUT2D eigenvalue weighted by Crippen LogP contribution is 2.15. The summed E-state index contributed by atoms with van der Waals surface area (Å²) in [6.07, 6.45) is 0. The van der Waals surface area contributed by atoms with Gasteiger partial charge in [-0.15, -0.1) is 0 Å². The van der Waals surface area contributed by atoms with Gasteiger partial charge >= 0.3 is 5.69 Å².